The molecule has 0 aromatic carbocycles. The van der Waals surface area contributed by atoms with Gasteiger partial charge in [0.05, 0.1) is 6.10 Å². The van der Waals surface area contributed by atoms with Gasteiger partial charge in [-0.2, -0.15) is 0 Å². The quantitative estimate of drug-likeness (QED) is 0.701. The Kier molecular flexibility index (Phi) is 4.04. The highest BCUT2D eigenvalue weighted by Crippen LogP contribution is 2.70. The van der Waals surface area contributed by atoms with Gasteiger partial charge >= 0.3 is 0 Å². The average Bonchev–Trinajstić information content (AvgIpc) is 2.75. The summed E-state index contributed by atoms with van der Waals surface area (Å²) in [5.41, 5.74) is 2.31. The number of aliphatic hydroxyl groups excluding tert-OH is 1. The number of ketones is 1. The molecule has 0 amide bonds. The molecule has 7 atom stereocenters. The second-order valence-electron chi connectivity index (χ2n) is 10.4. The number of hydrogen-bond acceptors (Lipinski definition) is 2. The standard InChI is InChI=1S/C23H36O2/c1-15(24)18-10-13-23(4)20-8-7-16-14-17(25)9-12-21(16,2)19(20)6-5-11-22(18,23)3/h14-15,18-20,24H,5-13H2,1-4H3/t15?,18-,19?,20-,21+,22-,23?/m0/s1. The molecule has 4 aliphatic rings. The first-order valence-corrected chi connectivity index (χ1v) is 10.6. The van der Waals surface area contributed by atoms with Gasteiger partial charge in [-0.25, -0.2) is 0 Å². The van der Waals surface area contributed by atoms with Gasteiger partial charge < -0.3 is 5.11 Å². The van der Waals surface area contributed by atoms with Gasteiger partial charge in [0.15, 0.2) is 5.78 Å². The number of carbonyl (C=O) groups excluding carboxylic acids is 1. The van der Waals surface area contributed by atoms with E-state index in [9.17, 15) is 9.90 Å². The van der Waals surface area contributed by atoms with Gasteiger partial charge in [-0.1, -0.05) is 32.8 Å². The van der Waals surface area contributed by atoms with E-state index in [1.54, 1.807) is 0 Å². The van der Waals surface area contributed by atoms with Crippen LogP contribution in [0.5, 0.6) is 0 Å². The number of rotatable bonds is 1. The fraction of sp³-hybridized carbons (Fsp3) is 0.870. The maximum atomic E-state index is 12.0. The maximum Gasteiger partial charge on any atom is 0.155 e. The van der Waals surface area contributed by atoms with Crippen molar-refractivity contribution in [3.05, 3.63) is 11.6 Å². The molecular weight excluding hydrogens is 308 g/mol. The second kappa shape index (κ2) is 5.68. The van der Waals surface area contributed by atoms with E-state index in [2.05, 4.69) is 20.8 Å². The number of allylic oxidation sites excluding steroid dienone is 2. The van der Waals surface area contributed by atoms with E-state index in [0.29, 0.717) is 17.1 Å². The van der Waals surface area contributed by atoms with Crippen LogP contribution in [0, 0.1) is 34.0 Å². The lowest BCUT2D eigenvalue weighted by molar-refractivity contribution is -0.117. The van der Waals surface area contributed by atoms with Crippen LogP contribution >= 0.6 is 0 Å². The van der Waals surface area contributed by atoms with E-state index in [1.807, 2.05) is 13.0 Å². The fourth-order valence-corrected chi connectivity index (χ4v) is 8.02. The predicted octanol–water partition coefficient (Wildman–Crippen LogP) is 5.30. The van der Waals surface area contributed by atoms with E-state index >= 15 is 0 Å². The van der Waals surface area contributed by atoms with Crippen molar-refractivity contribution in [3.8, 4) is 0 Å². The van der Waals surface area contributed by atoms with Crippen LogP contribution in [-0.4, -0.2) is 17.0 Å². The summed E-state index contributed by atoms with van der Waals surface area (Å²) in [4.78, 5) is 12.0. The average molecular weight is 345 g/mol. The van der Waals surface area contributed by atoms with Crippen molar-refractivity contribution < 1.29 is 9.90 Å². The van der Waals surface area contributed by atoms with Crippen molar-refractivity contribution in [1.29, 1.82) is 0 Å². The van der Waals surface area contributed by atoms with E-state index in [-0.39, 0.29) is 16.9 Å². The first kappa shape index (κ1) is 17.8. The topological polar surface area (TPSA) is 37.3 Å². The molecule has 0 aliphatic heterocycles. The van der Waals surface area contributed by atoms with E-state index in [1.165, 1.54) is 44.1 Å². The summed E-state index contributed by atoms with van der Waals surface area (Å²) in [6.45, 7) is 9.54. The van der Waals surface area contributed by atoms with E-state index in [0.717, 1.165) is 31.1 Å². The molecule has 140 valence electrons. The normalized spacial score (nSPS) is 51.0. The third-order valence-electron chi connectivity index (χ3n) is 9.70. The van der Waals surface area contributed by atoms with Crippen LogP contribution in [0.15, 0.2) is 11.6 Å². The molecule has 0 bridgehead atoms. The minimum atomic E-state index is -0.190. The first-order chi connectivity index (χ1) is 11.7. The minimum Gasteiger partial charge on any atom is -0.393 e. The second-order valence-corrected chi connectivity index (χ2v) is 10.4. The van der Waals surface area contributed by atoms with Crippen LogP contribution in [0.4, 0.5) is 0 Å². The first-order valence-electron chi connectivity index (χ1n) is 10.6. The summed E-state index contributed by atoms with van der Waals surface area (Å²) in [5, 5.41) is 10.5. The van der Waals surface area contributed by atoms with Gasteiger partial charge in [0.1, 0.15) is 0 Å². The molecule has 2 heteroatoms. The Labute approximate surface area is 153 Å². The van der Waals surface area contributed by atoms with Gasteiger partial charge in [-0.15, -0.1) is 0 Å². The van der Waals surface area contributed by atoms with Crippen LogP contribution in [0.2, 0.25) is 0 Å². The molecule has 4 rings (SSSR count). The molecule has 0 radical (unpaired) electrons. The van der Waals surface area contributed by atoms with Gasteiger partial charge in [0, 0.05) is 6.42 Å². The lowest BCUT2D eigenvalue weighted by Gasteiger charge is -2.57. The van der Waals surface area contributed by atoms with E-state index in [4.69, 9.17) is 0 Å². The zero-order valence-corrected chi connectivity index (χ0v) is 16.6. The summed E-state index contributed by atoms with van der Waals surface area (Å²) >= 11 is 0. The van der Waals surface area contributed by atoms with Gasteiger partial charge in [-0.3, -0.25) is 4.79 Å². The third kappa shape index (κ3) is 2.28. The predicted molar refractivity (Wildman–Crippen MR) is 101 cm³/mol. The number of aliphatic hydroxyl groups is 1. The van der Waals surface area contributed by atoms with Crippen molar-refractivity contribution in [2.45, 2.75) is 91.6 Å². The lowest BCUT2D eigenvalue weighted by atomic mass is 9.48. The fourth-order valence-electron chi connectivity index (χ4n) is 8.02. The Morgan fingerprint density at radius 3 is 2.48 bits per heavy atom. The summed E-state index contributed by atoms with van der Waals surface area (Å²) in [7, 11) is 0. The summed E-state index contributed by atoms with van der Waals surface area (Å²) in [5.74, 6) is 2.28. The molecular formula is C23H36O2. The van der Waals surface area contributed by atoms with Crippen LogP contribution in [0.1, 0.15) is 85.5 Å². The highest BCUT2D eigenvalue weighted by molar-refractivity contribution is 5.91. The SMILES string of the molecule is CC(O)[C@@H]1CCC2(C)[C@H]3CCC4=CC(=O)CC[C@@]4(C)C3CCC[C@@]12C. The molecule has 1 N–H and O–H groups in total. The molecule has 3 fully saturated rings. The zero-order valence-electron chi connectivity index (χ0n) is 16.6. The third-order valence-corrected chi connectivity index (χ3v) is 9.70. The van der Waals surface area contributed by atoms with E-state index < -0.39 is 0 Å². The smallest absolute Gasteiger partial charge is 0.155 e. The summed E-state index contributed by atoms with van der Waals surface area (Å²) < 4.78 is 0. The van der Waals surface area contributed by atoms with Gasteiger partial charge in [0.25, 0.3) is 0 Å². The van der Waals surface area contributed by atoms with Gasteiger partial charge in [0.2, 0.25) is 0 Å². The molecule has 0 spiro atoms. The largest absolute Gasteiger partial charge is 0.393 e. The van der Waals surface area contributed by atoms with Crippen molar-refractivity contribution in [1.82, 2.24) is 0 Å². The molecule has 4 aliphatic carbocycles. The highest BCUT2D eigenvalue weighted by atomic mass is 16.3. The minimum absolute atomic E-state index is 0.190. The Morgan fingerprint density at radius 2 is 1.76 bits per heavy atom. The van der Waals surface area contributed by atoms with Crippen molar-refractivity contribution in [3.63, 3.8) is 0 Å². The van der Waals surface area contributed by atoms with Crippen LogP contribution in [0.25, 0.3) is 0 Å². The Morgan fingerprint density at radius 1 is 1.00 bits per heavy atom. The van der Waals surface area contributed by atoms with Crippen LogP contribution < -0.4 is 0 Å². The Hall–Kier alpha value is -0.630. The highest BCUT2D eigenvalue weighted by Gasteiger charge is 2.63. The zero-order chi connectivity index (χ0) is 18.0. The number of carbonyl (C=O) groups is 1. The molecule has 0 heterocycles. The molecule has 25 heavy (non-hydrogen) atoms. The Bertz CT molecular complexity index is 605. The van der Waals surface area contributed by atoms with Gasteiger partial charge in [-0.05, 0) is 91.9 Å². The van der Waals surface area contributed by atoms with Crippen molar-refractivity contribution in [2.75, 3.05) is 0 Å². The number of fused-ring (bicyclic) bond motifs is 5. The lowest BCUT2D eigenvalue weighted by Crippen LogP contribution is -2.50. The number of hydrogen-bond donors (Lipinski definition) is 1. The molecule has 2 nitrogen and oxygen atoms in total. The molecule has 3 unspecified atom stereocenters. The van der Waals surface area contributed by atoms with Crippen LogP contribution in [-0.2, 0) is 4.79 Å². The monoisotopic (exact) mass is 344 g/mol. The van der Waals surface area contributed by atoms with Crippen molar-refractivity contribution in [2.24, 2.45) is 34.0 Å². The van der Waals surface area contributed by atoms with Crippen LogP contribution in [0.3, 0.4) is 0 Å². The maximum absolute atomic E-state index is 12.0. The molecule has 3 saturated carbocycles. The summed E-state index contributed by atoms with van der Waals surface area (Å²) in [6.07, 6.45) is 12.3. The van der Waals surface area contributed by atoms with Crippen molar-refractivity contribution >= 4 is 5.78 Å². The molecule has 0 aromatic rings. The molecule has 0 aromatic heterocycles. The molecule has 0 saturated heterocycles. The Balaban J connectivity index is 1.75. The summed E-state index contributed by atoms with van der Waals surface area (Å²) in [6, 6.07) is 0.